The molecule has 0 N–H and O–H groups in total. The van der Waals surface area contributed by atoms with Crippen molar-refractivity contribution in [2.75, 3.05) is 11.4 Å². The lowest BCUT2D eigenvalue weighted by molar-refractivity contribution is 0.0984. The van der Waals surface area contributed by atoms with Crippen molar-refractivity contribution in [3.63, 3.8) is 0 Å². The minimum atomic E-state index is -3.89. The number of ketones is 1. The van der Waals surface area contributed by atoms with Crippen LogP contribution in [0, 0.1) is 6.92 Å². The largest absolute Gasteiger partial charge is 0.308 e. The molecule has 0 unspecified atom stereocenters. The summed E-state index contributed by atoms with van der Waals surface area (Å²) >= 11 is 0. The van der Waals surface area contributed by atoms with Crippen LogP contribution in [0.5, 0.6) is 0 Å². The number of sulfone groups is 1. The van der Waals surface area contributed by atoms with Gasteiger partial charge in [0.2, 0.25) is 9.84 Å². The van der Waals surface area contributed by atoms with Crippen LogP contribution in [-0.4, -0.2) is 26.7 Å². The van der Waals surface area contributed by atoms with E-state index in [-0.39, 0.29) is 38.2 Å². The maximum Gasteiger partial charge on any atom is 0.258 e. The second kappa shape index (κ2) is 6.97. The smallest absolute Gasteiger partial charge is 0.258 e. The zero-order chi connectivity index (χ0) is 20.8. The Hall–Kier alpha value is -3.25. The molecule has 1 aliphatic heterocycles. The van der Waals surface area contributed by atoms with Crippen molar-refractivity contribution in [2.45, 2.75) is 23.6 Å². The first-order valence-electron chi connectivity index (χ1n) is 9.26. The number of aryl methyl sites for hydroxylation is 1. The fourth-order valence-electron chi connectivity index (χ4n) is 3.66. The van der Waals surface area contributed by atoms with Gasteiger partial charge in [0.1, 0.15) is 0 Å². The number of benzene rings is 3. The summed E-state index contributed by atoms with van der Waals surface area (Å²) in [6, 6.07) is 17.9. The number of carbonyl (C=O) groups is 2. The van der Waals surface area contributed by atoms with Gasteiger partial charge in [-0.25, -0.2) is 8.42 Å². The molecule has 4 rings (SSSR count). The standard InChI is InChI=1S/C23H19NO4S/c1-3-24(19-10-6-4-8-15(19)2)23(26)16-12-13-18-21(14-16)29(27,28)20-11-7-5-9-17(20)22(18)25/h4-14H,3H2,1-2H3. The van der Waals surface area contributed by atoms with Gasteiger partial charge in [-0.3, -0.25) is 9.59 Å². The van der Waals surface area contributed by atoms with Crippen molar-refractivity contribution in [1.82, 2.24) is 0 Å². The highest BCUT2D eigenvalue weighted by Crippen LogP contribution is 2.35. The Morgan fingerprint density at radius 3 is 2.28 bits per heavy atom. The summed E-state index contributed by atoms with van der Waals surface area (Å²) in [5.41, 5.74) is 2.19. The van der Waals surface area contributed by atoms with E-state index in [0.717, 1.165) is 11.3 Å². The number of para-hydroxylation sites is 1. The molecule has 1 aliphatic rings. The minimum absolute atomic E-state index is 0.0200. The Morgan fingerprint density at radius 1 is 0.897 bits per heavy atom. The highest BCUT2D eigenvalue weighted by atomic mass is 32.2. The molecule has 6 heteroatoms. The van der Waals surface area contributed by atoms with Crippen molar-refractivity contribution in [3.8, 4) is 0 Å². The molecule has 0 aromatic heterocycles. The van der Waals surface area contributed by atoms with Gasteiger partial charge in [0.15, 0.2) is 5.78 Å². The Balaban J connectivity index is 1.83. The zero-order valence-electron chi connectivity index (χ0n) is 16.0. The first-order chi connectivity index (χ1) is 13.9. The predicted octanol–water partition coefficient (Wildman–Crippen LogP) is 4.04. The molecule has 0 bridgehead atoms. The lowest BCUT2D eigenvalue weighted by Crippen LogP contribution is -2.31. The van der Waals surface area contributed by atoms with E-state index >= 15 is 0 Å². The average Bonchev–Trinajstić information content (AvgIpc) is 2.74. The molecule has 0 fully saturated rings. The van der Waals surface area contributed by atoms with Crippen LogP contribution in [0.15, 0.2) is 76.5 Å². The van der Waals surface area contributed by atoms with Crippen LogP contribution in [-0.2, 0) is 9.84 Å². The van der Waals surface area contributed by atoms with E-state index in [1.807, 2.05) is 38.1 Å². The van der Waals surface area contributed by atoms with Gasteiger partial charge in [0.05, 0.1) is 9.79 Å². The summed E-state index contributed by atoms with van der Waals surface area (Å²) in [5, 5.41) is 0. The van der Waals surface area contributed by atoms with E-state index in [1.54, 1.807) is 17.0 Å². The quantitative estimate of drug-likeness (QED) is 0.516. The molecule has 1 amide bonds. The molecule has 29 heavy (non-hydrogen) atoms. The van der Waals surface area contributed by atoms with E-state index < -0.39 is 9.84 Å². The summed E-state index contributed by atoms with van der Waals surface area (Å²) in [6.45, 7) is 4.20. The summed E-state index contributed by atoms with van der Waals surface area (Å²) in [6.07, 6.45) is 0. The Kier molecular flexibility index (Phi) is 4.59. The number of carbonyl (C=O) groups excluding carboxylic acids is 2. The van der Waals surface area contributed by atoms with Gasteiger partial charge in [0, 0.05) is 28.9 Å². The molecule has 146 valence electrons. The van der Waals surface area contributed by atoms with E-state index in [0.29, 0.717) is 6.54 Å². The fourth-order valence-corrected chi connectivity index (χ4v) is 5.34. The molecule has 3 aromatic rings. The van der Waals surface area contributed by atoms with Gasteiger partial charge in [-0.15, -0.1) is 0 Å². The first kappa shape index (κ1) is 19.1. The summed E-state index contributed by atoms with van der Waals surface area (Å²) < 4.78 is 26.2. The molecule has 3 aromatic carbocycles. The van der Waals surface area contributed by atoms with Gasteiger partial charge in [0.25, 0.3) is 5.91 Å². The van der Waals surface area contributed by atoms with E-state index in [1.165, 1.54) is 30.3 Å². The SMILES string of the molecule is CCN(C(=O)c1ccc2c(c1)S(=O)(=O)c1ccccc1C2=O)c1ccccc1C. The van der Waals surface area contributed by atoms with Gasteiger partial charge in [-0.05, 0) is 55.8 Å². The summed E-state index contributed by atoms with van der Waals surface area (Å²) in [7, 11) is -3.89. The number of anilines is 1. The average molecular weight is 405 g/mol. The molecular weight excluding hydrogens is 386 g/mol. The number of hydrogen-bond acceptors (Lipinski definition) is 4. The predicted molar refractivity (Wildman–Crippen MR) is 110 cm³/mol. The summed E-state index contributed by atoms with van der Waals surface area (Å²) in [5.74, 6) is -0.665. The third-order valence-electron chi connectivity index (χ3n) is 5.15. The molecule has 0 radical (unpaired) electrons. The van der Waals surface area contributed by atoms with Gasteiger partial charge >= 0.3 is 0 Å². The van der Waals surface area contributed by atoms with Crippen LogP contribution in [0.1, 0.15) is 38.8 Å². The fraction of sp³-hybridized carbons (Fsp3) is 0.130. The maximum absolute atomic E-state index is 13.2. The lowest BCUT2D eigenvalue weighted by atomic mass is 10.0. The monoisotopic (exact) mass is 405 g/mol. The summed E-state index contributed by atoms with van der Waals surface area (Å²) in [4.78, 5) is 27.4. The topological polar surface area (TPSA) is 71.5 Å². The van der Waals surface area contributed by atoms with Gasteiger partial charge in [-0.1, -0.05) is 30.3 Å². The van der Waals surface area contributed by atoms with Crippen molar-refractivity contribution >= 4 is 27.2 Å². The number of fused-ring (bicyclic) bond motifs is 2. The molecule has 0 aliphatic carbocycles. The number of nitrogens with zero attached hydrogens (tertiary/aromatic N) is 1. The Morgan fingerprint density at radius 2 is 1.55 bits per heavy atom. The normalized spacial score (nSPS) is 14.1. The Labute approximate surface area is 169 Å². The van der Waals surface area contributed by atoms with Crippen LogP contribution in [0.2, 0.25) is 0 Å². The van der Waals surface area contributed by atoms with Crippen molar-refractivity contribution < 1.29 is 18.0 Å². The number of hydrogen-bond donors (Lipinski definition) is 0. The second-order valence-corrected chi connectivity index (χ2v) is 8.76. The van der Waals surface area contributed by atoms with Gasteiger partial charge in [-0.2, -0.15) is 0 Å². The molecule has 0 saturated heterocycles. The highest BCUT2D eigenvalue weighted by Gasteiger charge is 2.35. The highest BCUT2D eigenvalue weighted by molar-refractivity contribution is 7.91. The van der Waals surface area contributed by atoms with Crippen LogP contribution >= 0.6 is 0 Å². The molecule has 5 nitrogen and oxygen atoms in total. The van der Waals surface area contributed by atoms with Gasteiger partial charge < -0.3 is 4.90 Å². The third-order valence-corrected chi connectivity index (χ3v) is 7.00. The number of amides is 1. The van der Waals surface area contributed by atoms with Crippen LogP contribution < -0.4 is 4.90 Å². The maximum atomic E-state index is 13.2. The zero-order valence-corrected chi connectivity index (χ0v) is 16.9. The van der Waals surface area contributed by atoms with Crippen molar-refractivity contribution in [3.05, 3.63) is 89.0 Å². The van der Waals surface area contributed by atoms with E-state index in [4.69, 9.17) is 0 Å². The van der Waals surface area contributed by atoms with E-state index in [9.17, 15) is 18.0 Å². The van der Waals surface area contributed by atoms with Crippen LogP contribution in [0.25, 0.3) is 0 Å². The first-order valence-corrected chi connectivity index (χ1v) is 10.7. The molecule has 0 atom stereocenters. The number of rotatable bonds is 3. The molecule has 0 spiro atoms. The Bertz CT molecular complexity index is 1260. The van der Waals surface area contributed by atoms with Crippen molar-refractivity contribution in [2.24, 2.45) is 0 Å². The van der Waals surface area contributed by atoms with Crippen molar-refractivity contribution in [1.29, 1.82) is 0 Å². The lowest BCUT2D eigenvalue weighted by Gasteiger charge is -2.24. The van der Waals surface area contributed by atoms with Crippen LogP contribution in [0.3, 0.4) is 0 Å². The second-order valence-electron chi connectivity index (χ2n) is 6.88. The van der Waals surface area contributed by atoms with E-state index in [2.05, 4.69) is 0 Å². The molecule has 1 heterocycles. The molecular formula is C23H19NO4S. The molecule has 0 saturated carbocycles. The van der Waals surface area contributed by atoms with Crippen LogP contribution in [0.4, 0.5) is 5.69 Å². The minimum Gasteiger partial charge on any atom is -0.308 e. The third kappa shape index (κ3) is 2.96.